The Morgan fingerprint density at radius 1 is 0.396 bits per heavy atom. The fourth-order valence-electron chi connectivity index (χ4n) is 6.62. The molecule has 0 saturated heterocycles. The molecule has 0 heterocycles. The summed E-state index contributed by atoms with van der Waals surface area (Å²) in [5.74, 6) is -0.573. The van der Waals surface area contributed by atoms with Crippen LogP contribution in [0.5, 0.6) is 0 Å². The number of unbranched alkanes of at least 4 members (excludes halogenated alkanes) is 32. The molecular weight excluding hydrogens is 596 g/mol. The zero-order valence-corrected chi connectivity index (χ0v) is 32.5. The van der Waals surface area contributed by atoms with Crippen molar-refractivity contribution in [3.8, 4) is 0 Å². The van der Waals surface area contributed by atoms with Crippen LogP contribution in [0.3, 0.4) is 0 Å². The quantitative estimate of drug-likeness (QED) is 0.0515. The van der Waals surface area contributed by atoms with Crippen LogP contribution in [-0.2, 0) is 19.1 Å². The topological polar surface area (TPSA) is 72.8 Å². The third-order valence-electron chi connectivity index (χ3n) is 9.90. The van der Waals surface area contributed by atoms with Gasteiger partial charge in [-0.15, -0.1) is 0 Å². The molecular formula is C43H84O5. The highest BCUT2D eigenvalue weighted by atomic mass is 16.6. The first-order chi connectivity index (χ1) is 23.6. The predicted octanol–water partition coefficient (Wildman–Crippen LogP) is 13.5. The average molecular weight is 681 g/mol. The molecule has 0 spiro atoms. The highest BCUT2D eigenvalue weighted by Gasteiger charge is 2.16. The summed E-state index contributed by atoms with van der Waals surface area (Å²) < 4.78 is 10.6. The third kappa shape index (κ3) is 37.7. The number of carbonyl (C=O) groups is 2. The maximum atomic E-state index is 12.2. The number of rotatable bonds is 40. The van der Waals surface area contributed by atoms with Gasteiger partial charge in [0.15, 0.2) is 6.10 Å². The lowest BCUT2D eigenvalue weighted by Gasteiger charge is -2.15. The zero-order chi connectivity index (χ0) is 35.0. The molecule has 1 unspecified atom stereocenters. The van der Waals surface area contributed by atoms with Crippen molar-refractivity contribution in [3.05, 3.63) is 0 Å². The highest BCUT2D eigenvalue weighted by Crippen LogP contribution is 2.16. The molecule has 1 N–H and O–H groups in total. The van der Waals surface area contributed by atoms with E-state index in [1.165, 1.54) is 186 Å². The second kappa shape index (κ2) is 40.3. The largest absolute Gasteiger partial charge is 0.462 e. The van der Waals surface area contributed by atoms with Crippen LogP contribution < -0.4 is 0 Å². The van der Waals surface area contributed by atoms with E-state index in [-0.39, 0.29) is 25.2 Å². The smallest absolute Gasteiger partial charge is 0.306 e. The monoisotopic (exact) mass is 681 g/mol. The first-order valence-electron chi connectivity index (χ1n) is 21.6. The summed E-state index contributed by atoms with van der Waals surface area (Å²) in [6.07, 6.45) is 44.6. The fourth-order valence-corrected chi connectivity index (χ4v) is 6.62. The minimum absolute atomic E-state index is 0.0567. The number of esters is 2. The van der Waals surface area contributed by atoms with Gasteiger partial charge in [0.05, 0.1) is 6.61 Å². The summed E-state index contributed by atoms with van der Waals surface area (Å²) in [4.78, 5) is 24.3. The van der Waals surface area contributed by atoms with Crippen molar-refractivity contribution < 1.29 is 24.2 Å². The molecule has 0 fully saturated rings. The van der Waals surface area contributed by atoms with Crippen LogP contribution in [0, 0.1) is 0 Å². The molecule has 5 nitrogen and oxygen atoms in total. The number of hydrogen-bond acceptors (Lipinski definition) is 5. The maximum absolute atomic E-state index is 12.2. The molecule has 5 heteroatoms. The van der Waals surface area contributed by atoms with Crippen molar-refractivity contribution in [1.29, 1.82) is 0 Å². The van der Waals surface area contributed by atoms with Gasteiger partial charge >= 0.3 is 11.9 Å². The summed E-state index contributed by atoms with van der Waals surface area (Å²) in [7, 11) is 0. The first-order valence-corrected chi connectivity index (χ1v) is 21.6. The Labute approximate surface area is 299 Å². The van der Waals surface area contributed by atoms with Gasteiger partial charge in [-0.3, -0.25) is 9.59 Å². The molecule has 0 saturated carbocycles. The standard InChI is InChI=1S/C43H84O5/c1-3-5-7-9-11-13-15-17-18-19-20-21-22-23-24-26-28-30-32-34-36-38-43(46)48-41(39-44)40-47-42(45)37-35-33-31-29-27-25-16-14-12-10-8-6-4-2/h41,44H,3-40H2,1-2H3. The van der Waals surface area contributed by atoms with Gasteiger partial charge in [-0.1, -0.05) is 219 Å². The minimum atomic E-state index is -0.761. The number of carbonyl (C=O) groups excluding carboxylic acids is 2. The zero-order valence-electron chi connectivity index (χ0n) is 32.5. The van der Waals surface area contributed by atoms with E-state index in [0.29, 0.717) is 12.8 Å². The fraction of sp³-hybridized carbons (Fsp3) is 0.953. The highest BCUT2D eigenvalue weighted by molar-refractivity contribution is 5.70. The summed E-state index contributed by atoms with van der Waals surface area (Å²) in [5.41, 5.74) is 0. The lowest BCUT2D eigenvalue weighted by atomic mass is 10.0. The number of aliphatic hydroxyl groups is 1. The lowest BCUT2D eigenvalue weighted by molar-refractivity contribution is -0.161. The van der Waals surface area contributed by atoms with Gasteiger partial charge in [0.1, 0.15) is 6.61 Å². The van der Waals surface area contributed by atoms with Crippen molar-refractivity contribution in [2.24, 2.45) is 0 Å². The van der Waals surface area contributed by atoms with Crippen LogP contribution >= 0.6 is 0 Å². The van der Waals surface area contributed by atoms with Gasteiger partial charge in [-0.05, 0) is 12.8 Å². The average Bonchev–Trinajstić information content (AvgIpc) is 3.09. The molecule has 0 aromatic rings. The Kier molecular flexibility index (Phi) is 39.4. The Morgan fingerprint density at radius 3 is 0.917 bits per heavy atom. The first kappa shape index (κ1) is 46.9. The van der Waals surface area contributed by atoms with E-state index in [0.717, 1.165) is 32.1 Å². The minimum Gasteiger partial charge on any atom is -0.462 e. The molecule has 0 amide bonds. The third-order valence-corrected chi connectivity index (χ3v) is 9.90. The molecule has 0 aliphatic heterocycles. The molecule has 286 valence electrons. The van der Waals surface area contributed by atoms with Crippen molar-refractivity contribution in [2.45, 2.75) is 251 Å². The van der Waals surface area contributed by atoms with E-state index in [2.05, 4.69) is 13.8 Å². The van der Waals surface area contributed by atoms with Crippen LogP contribution in [-0.4, -0.2) is 36.4 Å². The van der Waals surface area contributed by atoms with E-state index in [1.807, 2.05) is 0 Å². The van der Waals surface area contributed by atoms with E-state index in [4.69, 9.17) is 9.47 Å². The van der Waals surface area contributed by atoms with Crippen molar-refractivity contribution in [2.75, 3.05) is 13.2 Å². The van der Waals surface area contributed by atoms with Crippen LogP contribution in [0.15, 0.2) is 0 Å². The lowest BCUT2D eigenvalue weighted by Crippen LogP contribution is -2.28. The Morgan fingerprint density at radius 2 is 0.646 bits per heavy atom. The Balaban J connectivity index is 3.45. The molecule has 0 aromatic heterocycles. The number of aliphatic hydroxyl groups excluding tert-OH is 1. The molecule has 1 atom stereocenters. The molecule has 48 heavy (non-hydrogen) atoms. The van der Waals surface area contributed by atoms with Crippen LogP contribution in [0.4, 0.5) is 0 Å². The molecule has 0 aliphatic carbocycles. The second-order valence-corrected chi connectivity index (χ2v) is 14.8. The predicted molar refractivity (Wildman–Crippen MR) is 205 cm³/mol. The normalized spacial score (nSPS) is 12.0. The summed E-state index contributed by atoms with van der Waals surface area (Å²) >= 11 is 0. The Bertz CT molecular complexity index is 651. The van der Waals surface area contributed by atoms with Gasteiger partial charge in [-0.2, -0.15) is 0 Å². The van der Waals surface area contributed by atoms with Crippen LogP contribution in [0.2, 0.25) is 0 Å². The van der Waals surface area contributed by atoms with Crippen molar-refractivity contribution >= 4 is 11.9 Å². The van der Waals surface area contributed by atoms with E-state index in [1.54, 1.807) is 0 Å². The van der Waals surface area contributed by atoms with Crippen molar-refractivity contribution in [3.63, 3.8) is 0 Å². The van der Waals surface area contributed by atoms with E-state index >= 15 is 0 Å². The van der Waals surface area contributed by atoms with E-state index in [9.17, 15) is 14.7 Å². The van der Waals surface area contributed by atoms with Gasteiger partial charge < -0.3 is 14.6 Å². The molecule has 0 bridgehead atoms. The van der Waals surface area contributed by atoms with Gasteiger partial charge in [0.25, 0.3) is 0 Å². The maximum Gasteiger partial charge on any atom is 0.306 e. The summed E-state index contributed by atoms with van der Waals surface area (Å²) in [5, 5.41) is 9.56. The molecule has 0 aromatic carbocycles. The summed E-state index contributed by atoms with van der Waals surface area (Å²) in [6, 6.07) is 0. The van der Waals surface area contributed by atoms with Crippen LogP contribution in [0.1, 0.15) is 245 Å². The van der Waals surface area contributed by atoms with Crippen molar-refractivity contribution in [1.82, 2.24) is 0 Å². The summed E-state index contributed by atoms with van der Waals surface area (Å²) in [6.45, 7) is 4.17. The van der Waals surface area contributed by atoms with Crippen LogP contribution in [0.25, 0.3) is 0 Å². The van der Waals surface area contributed by atoms with Gasteiger partial charge in [0.2, 0.25) is 0 Å². The molecule has 0 rings (SSSR count). The number of hydrogen-bond donors (Lipinski definition) is 1. The molecule has 0 radical (unpaired) electrons. The molecule has 0 aliphatic rings. The second-order valence-electron chi connectivity index (χ2n) is 14.8. The Hall–Kier alpha value is -1.10. The van der Waals surface area contributed by atoms with E-state index < -0.39 is 6.10 Å². The number of ether oxygens (including phenoxy) is 2. The SMILES string of the molecule is CCCCCCCCCCCCCCCCCCCCCCCC(=O)OC(CO)COC(=O)CCCCCCCCCCCCCCC. The van der Waals surface area contributed by atoms with Gasteiger partial charge in [0, 0.05) is 12.8 Å². The van der Waals surface area contributed by atoms with Gasteiger partial charge in [-0.25, -0.2) is 0 Å².